The number of methoxy groups -OCH3 is 3. The summed E-state index contributed by atoms with van der Waals surface area (Å²) < 4.78 is 16.6. The Morgan fingerprint density at radius 1 is 1.00 bits per heavy atom. The Hall–Kier alpha value is -3.16. The van der Waals surface area contributed by atoms with Gasteiger partial charge < -0.3 is 19.1 Å². The number of benzene rings is 1. The van der Waals surface area contributed by atoms with Crippen molar-refractivity contribution in [3.05, 3.63) is 36.5 Å². The summed E-state index contributed by atoms with van der Waals surface area (Å²) in [5.41, 5.74) is 1.10. The largest absolute Gasteiger partial charge is 0.493 e. The van der Waals surface area contributed by atoms with Gasteiger partial charge in [-0.2, -0.15) is 5.10 Å². The normalized spacial score (nSPS) is 14.9. The molecule has 8 heteroatoms. The van der Waals surface area contributed by atoms with Gasteiger partial charge in [0.25, 0.3) is 0 Å². The van der Waals surface area contributed by atoms with Gasteiger partial charge in [-0.05, 0) is 25.0 Å². The highest BCUT2D eigenvalue weighted by molar-refractivity contribution is 5.99. The minimum atomic E-state index is 0.436. The summed E-state index contributed by atoms with van der Waals surface area (Å²) in [5.74, 6) is 3.03. The molecule has 28 heavy (non-hydrogen) atoms. The summed E-state index contributed by atoms with van der Waals surface area (Å²) in [6, 6.07) is 3.94. The van der Waals surface area contributed by atoms with Crippen molar-refractivity contribution in [2.45, 2.75) is 18.8 Å². The van der Waals surface area contributed by atoms with Crippen LogP contribution in [0.1, 0.15) is 24.5 Å². The molecule has 146 valence electrons. The van der Waals surface area contributed by atoms with E-state index in [0.717, 1.165) is 48.2 Å². The number of anilines is 1. The van der Waals surface area contributed by atoms with E-state index in [1.165, 1.54) is 0 Å². The monoisotopic (exact) mass is 381 g/mol. The summed E-state index contributed by atoms with van der Waals surface area (Å²) in [6.45, 7) is 1.75. The second kappa shape index (κ2) is 7.84. The van der Waals surface area contributed by atoms with E-state index < -0.39 is 0 Å². The fourth-order valence-electron chi connectivity index (χ4n) is 3.85. The molecule has 0 radical (unpaired) electrons. The molecule has 0 unspecified atom stereocenters. The number of rotatable bonds is 5. The lowest BCUT2D eigenvalue weighted by molar-refractivity contribution is 0.327. The molecule has 1 aromatic carbocycles. The van der Waals surface area contributed by atoms with Gasteiger partial charge in [-0.25, -0.2) is 9.97 Å². The van der Waals surface area contributed by atoms with E-state index >= 15 is 0 Å². The second-order valence-corrected chi connectivity index (χ2v) is 6.67. The van der Waals surface area contributed by atoms with Gasteiger partial charge in [0.15, 0.2) is 17.3 Å². The minimum Gasteiger partial charge on any atom is -0.493 e. The first-order valence-corrected chi connectivity index (χ1v) is 9.22. The average Bonchev–Trinajstić information content (AvgIpc) is 2.77. The Balaban J connectivity index is 1.68. The van der Waals surface area contributed by atoms with Crippen molar-refractivity contribution in [2.75, 3.05) is 39.3 Å². The van der Waals surface area contributed by atoms with Crippen LogP contribution in [0, 0.1) is 0 Å². The zero-order chi connectivity index (χ0) is 19.5. The first-order valence-electron chi connectivity index (χ1n) is 9.22. The first kappa shape index (κ1) is 18.2. The number of hydrogen-bond acceptors (Lipinski definition) is 8. The molecule has 1 aliphatic rings. The molecule has 0 atom stereocenters. The number of fused-ring (bicyclic) bond motifs is 1. The molecular formula is C20H23N5O3. The molecule has 2 aromatic heterocycles. The maximum atomic E-state index is 5.60. The van der Waals surface area contributed by atoms with Crippen LogP contribution in [0.3, 0.4) is 0 Å². The maximum absolute atomic E-state index is 5.60. The van der Waals surface area contributed by atoms with Crippen LogP contribution in [-0.2, 0) is 0 Å². The average molecular weight is 381 g/mol. The van der Waals surface area contributed by atoms with Crippen molar-refractivity contribution in [2.24, 2.45) is 0 Å². The molecule has 0 bridgehead atoms. The molecule has 0 amide bonds. The molecule has 0 N–H and O–H groups in total. The summed E-state index contributed by atoms with van der Waals surface area (Å²) in [4.78, 5) is 10.7. The van der Waals surface area contributed by atoms with Crippen LogP contribution in [0.5, 0.6) is 17.2 Å². The third kappa shape index (κ3) is 3.15. The van der Waals surface area contributed by atoms with Crippen LogP contribution in [0.2, 0.25) is 0 Å². The highest BCUT2D eigenvalue weighted by Gasteiger charge is 2.26. The SMILES string of the molecule is COc1cc2c(N3CCC(c4ccncn4)CC3)nncc2c(OC)c1OC. The molecule has 0 spiro atoms. The number of nitrogens with zero attached hydrogens (tertiary/aromatic N) is 5. The minimum absolute atomic E-state index is 0.436. The summed E-state index contributed by atoms with van der Waals surface area (Å²) in [5, 5.41) is 10.4. The lowest BCUT2D eigenvalue weighted by atomic mass is 9.93. The third-order valence-electron chi connectivity index (χ3n) is 5.27. The predicted molar refractivity (Wildman–Crippen MR) is 105 cm³/mol. The molecule has 0 saturated carbocycles. The Morgan fingerprint density at radius 2 is 1.79 bits per heavy atom. The van der Waals surface area contributed by atoms with Gasteiger partial charge in [0, 0.05) is 36.3 Å². The second-order valence-electron chi connectivity index (χ2n) is 6.67. The van der Waals surface area contributed by atoms with Crippen LogP contribution in [0.25, 0.3) is 10.8 Å². The van der Waals surface area contributed by atoms with E-state index in [-0.39, 0.29) is 0 Å². The topological polar surface area (TPSA) is 82.5 Å². The first-order chi connectivity index (χ1) is 13.8. The van der Waals surface area contributed by atoms with E-state index in [9.17, 15) is 0 Å². The number of piperidine rings is 1. The zero-order valence-electron chi connectivity index (χ0n) is 16.3. The quantitative estimate of drug-likeness (QED) is 0.667. The van der Waals surface area contributed by atoms with Crippen LogP contribution >= 0.6 is 0 Å². The van der Waals surface area contributed by atoms with Crippen LogP contribution in [0.4, 0.5) is 5.82 Å². The molecule has 3 aromatic rings. The number of aromatic nitrogens is 4. The van der Waals surface area contributed by atoms with Gasteiger partial charge in [-0.15, -0.1) is 5.10 Å². The van der Waals surface area contributed by atoms with Crippen LogP contribution in [-0.4, -0.2) is 54.6 Å². The van der Waals surface area contributed by atoms with Crippen molar-refractivity contribution < 1.29 is 14.2 Å². The summed E-state index contributed by atoms with van der Waals surface area (Å²) >= 11 is 0. The van der Waals surface area contributed by atoms with Crippen molar-refractivity contribution >= 4 is 16.6 Å². The van der Waals surface area contributed by atoms with Crippen LogP contribution < -0.4 is 19.1 Å². The van der Waals surface area contributed by atoms with Gasteiger partial charge in [0.05, 0.1) is 32.9 Å². The Morgan fingerprint density at radius 3 is 2.43 bits per heavy atom. The molecule has 1 aliphatic heterocycles. The van der Waals surface area contributed by atoms with Gasteiger partial charge in [-0.1, -0.05) is 0 Å². The summed E-state index contributed by atoms with van der Waals surface area (Å²) in [6.07, 6.45) is 7.12. The fourth-order valence-corrected chi connectivity index (χ4v) is 3.85. The summed E-state index contributed by atoms with van der Waals surface area (Å²) in [7, 11) is 4.83. The Labute approximate surface area is 163 Å². The molecule has 8 nitrogen and oxygen atoms in total. The number of hydrogen-bond donors (Lipinski definition) is 0. The Bertz CT molecular complexity index is 959. The van der Waals surface area contributed by atoms with Gasteiger partial charge in [0.2, 0.25) is 5.75 Å². The van der Waals surface area contributed by atoms with E-state index in [2.05, 4.69) is 25.1 Å². The maximum Gasteiger partial charge on any atom is 0.204 e. The molecular weight excluding hydrogens is 358 g/mol. The fraction of sp³-hybridized carbons (Fsp3) is 0.400. The highest BCUT2D eigenvalue weighted by Crippen LogP contribution is 2.45. The van der Waals surface area contributed by atoms with Gasteiger partial charge in [0.1, 0.15) is 6.33 Å². The lowest BCUT2D eigenvalue weighted by Crippen LogP contribution is -2.34. The number of ether oxygens (including phenoxy) is 3. The smallest absolute Gasteiger partial charge is 0.204 e. The van der Waals surface area contributed by atoms with Gasteiger partial charge in [-0.3, -0.25) is 0 Å². The lowest BCUT2D eigenvalue weighted by Gasteiger charge is -2.33. The zero-order valence-corrected chi connectivity index (χ0v) is 16.3. The Kier molecular flexibility index (Phi) is 5.10. The van der Waals surface area contributed by atoms with Crippen molar-refractivity contribution in [3.63, 3.8) is 0 Å². The predicted octanol–water partition coefficient (Wildman–Crippen LogP) is 2.83. The molecule has 1 fully saturated rings. The van der Waals surface area contributed by atoms with Crippen molar-refractivity contribution in [1.29, 1.82) is 0 Å². The standard InChI is InChI=1S/C20H23N5O3/c1-26-17-10-14-15(18(27-2)19(17)28-3)11-23-24-20(14)25-8-5-13(6-9-25)16-4-7-21-12-22-16/h4,7,10-13H,5-6,8-9H2,1-3H3. The van der Waals surface area contributed by atoms with E-state index in [1.54, 1.807) is 40.1 Å². The van der Waals surface area contributed by atoms with Crippen LogP contribution in [0.15, 0.2) is 30.9 Å². The molecule has 4 rings (SSSR count). The van der Waals surface area contributed by atoms with Crippen molar-refractivity contribution in [3.8, 4) is 17.2 Å². The molecule has 1 saturated heterocycles. The molecule has 0 aliphatic carbocycles. The third-order valence-corrected chi connectivity index (χ3v) is 5.27. The van der Waals surface area contributed by atoms with Gasteiger partial charge >= 0.3 is 0 Å². The highest BCUT2D eigenvalue weighted by atomic mass is 16.5. The van der Waals surface area contributed by atoms with Crippen molar-refractivity contribution in [1.82, 2.24) is 20.2 Å². The van der Waals surface area contributed by atoms with E-state index in [4.69, 9.17) is 14.2 Å². The molecule has 3 heterocycles. The van der Waals surface area contributed by atoms with E-state index in [1.807, 2.05) is 12.1 Å². The van der Waals surface area contributed by atoms with E-state index in [0.29, 0.717) is 23.2 Å².